The molecule has 0 aliphatic rings. The first-order chi connectivity index (χ1) is 19.2. The van der Waals surface area contributed by atoms with Crippen molar-refractivity contribution < 1.29 is 18.0 Å². The predicted octanol–water partition coefficient (Wildman–Crippen LogP) is 6.45. The SMILES string of the molecule is CC[C@H](C)NC(=O)[C@@H](C)N(Cc1ccc(Cl)cc1Cl)C(=O)CN(c1ccc(C)cc1C)S(=O)(=O)c1ccc(C)cc1. The number of benzene rings is 3. The van der Waals surface area contributed by atoms with Crippen LogP contribution in [0.25, 0.3) is 0 Å². The first-order valence-electron chi connectivity index (χ1n) is 13.4. The van der Waals surface area contributed by atoms with Gasteiger partial charge in [0, 0.05) is 22.6 Å². The summed E-state index contributed by atoms with van der Waals surface area (Å²) in [7, 11) is -4.15. The van der Waals surface area contributed by atoms with E-state index in [4.69, 9.17) is 23.2 Å². The number of hydrogen-bond acceptors (Lipinski definition) is 4. The number of carbonyl (C=O) groups excluding carboxylic acids is 2. The van der Waals surface area contributed by atoms with Crippen molar-refractivity contribution in [3.63, 3.8) is 0 Å². The number of nitrogens with zero attached hydrogens (tertiary/aromatic N) is 2. The Bertz CT molecular complexity index is 1510. The highest BCUT2D eigenvalue weighted by Crippen LogP contribution is 2.29. The molecule has 3 rings (SSSR count). The second-order valence-electron chi connectivity index (χ2n) is 10.4. The molecule has 0 bridgehead atoms. The summed E-state index contributed by atoms with van der Waals surface area (Å²) in [5.74, 6) is -0.907. The molecule has 220 valence electrons. The van der Waals surface area contributed by atoms with Crippen molar-refractivity contribution in [1.29, 1.82) is 0 Å². The van der Waals surface area contributed by atoms with Gasteiger partial charge < -0.3 is 10.2 Å². The van der Waals surface area contributed by atoms with Gasteiger partial charge in [-0.25, -0.2) is 8.42 Å². The average molecular weight is 619 g/mol. The van der Waals surface area contributed by atoms with Crippen LogP contribution in [0.15, 0.2) is 65.6 Å². The summed E-state index contributed by atoms with van der Waals surface area (Å²) in [5.41, 5.74) is 3.52. The second-order valence-corrected chi connectivity index (χ2v) is 13.1. The highest BCUT2D eigenvalue weighted by molar-refractivity contribution is 7.92. The lowest BCUT2D eigenvalue weighted by atomic mass is 10.1. The van der Waals surface area contributed by atoms with E-state index in [2.05, 4.69) is 5.32 Å². The Morgan fingerprint density at radius 1 is 0.902 bits per heavy atom. The summed E-state index contributed by atoms with van der Waals surface area (Å²) < 4.78 is 29.2. The topological polar surface area (TPSA) is 86.8 Å². The maximum Gasteiger partial charge on any atom is 0.264 e. The van der Waals surface area contributed by atoms with Crippen LogP contribution >= 0.6 is 23.2 Å². The minimum Gasteiger partial charge on any atom is -0.352 e. The van der Waals surface area contributed by atoms with Crippen molar-refractivity contribution in [3.8, 4) is 0 Å². The van der Waals surface area contributed by atoms with Crippen LogP contribution < -0.4 is 9.62 Å². The van der Waals surface area contributed by atoms with Gasteiger partial charge in [-0.15, -0.1) is 0 Å². The van der Waals surface area contributed by atoms with Gasteiger partial charge in [-0.2, -0.15) is 0 Å². The maximum atomic E-state index is 14.1. The van der Waals surface area contributed by atoms with Gasteiger partial charge in [0.25, 0.3) is 10.0 Å². The number of rotatable bonds is 11. The van der Waals surface area contributed by atoms with Crippen LogP contribution in [-0.4, -0.2) is 43.8 Å². The zero-order valence-electron chi connectivity index (χ0n) is 24.2. The predicted molar refractivity (Wildman–Crippen MR) is 166 cm³/mol. The van der Waals surface area contributed by atoms with E-state index in [1.807, 2.05) is 33.8 Å². The molecule has 0 fully saturated rings. The smallest absolute Gasteiger partial charge is 0.264 e. The van der Waals surface area contributed by atoms with Crippen LogP contribution in [0, 0.1) is 20.8 Å². The molecule has 0 saturated carbocycles. The highest BCUT2D eigenvalue weighted by Gasteiger charge is 2.33. The normalized spacial score (nSPS) is 12.9. The van der Waals surface area contributed by atoms with Gasteiger partial charge in [0.15, 0.2) is 0 Å². The van der Waals surface area contributed by atoms with Crippen molar-refractivity contribution in [2.24, 2.45) is 0 Å². The molecule has 3 aromatic rings. The van der Waals surface area contributed by atoms with E-state index in [1.165, 1.54) is 17.0 Å². The Kier molecular flexibility index (Phi) is 10.9. The molecule has 0 unspecified atom stereocenters. The number of nitrogens with one attached hydrogen (secondary N) is 1. The summed E-state index contributed by atoms with van der Waals surface area (Å²) >= 11 is 12.5. The molecule has 1 N–H and O–H groups in total. The Morgan fingerprint density at radius 2 is 1.54 bits per heavy atom. The Balaban J connectivity index is 2.08. The first kappa shape index (κ1) is 32.4. The number of carbonyl (C=O) groups is 2. The maximum absolute atomic E-state index is 14.1. The molecule has 41 heavy (non-hydrogen) atoms. The van der Waals surface area contributed by atoms with Gasteiger partial charge in [0.05, 0.1) is 10.6 Å². The summed E-state index contributed by atoms with van der Waals surface area (Å²) in [6.45, 7) is 10.5. The molecular formula is C31H37Cl2N3O4S. The molecule has 2 amide bonds. The molecule has 0 aromatic heterocycles. The van der Waals surface area contributed by atoms with Gasteiger partial charge in [-0.05, 0) is 82.5 Å². The van der Waals surface area contributed by atoms with Crippen molar-refractivity contribution in [2.45, 2.75) is 71.5 Å². The number of hydrogen-bond donors (Lipinski definition) is 1. The zero-order chi connectivity index (χ0) is 30.5. The van der Waals surface area contributed by atoms with Gasteiger partial charge in [-0.1, -0.05) is 71.6 Å². The van der Waals surface area contributed by atoms with Crippen LogP contribution in [-0.2, 0) is 26.2 Å². The quantitative estimate of drug-likeness (QED) is 0.268. The fourth-order valence-corrected chi connectivity index (χ4v) is 6.26. The van der Waals surface area contributed by atoms with E-state index >= 15 is 0 Å². The lowest BCUT2D eigenvalue weighted by Gasteiger charge is -2.33. The van der Waals surface area contributed by atoms with E-state index in [0.717, 1.165) is 15.4 Å². The second kappa shape index (κ2) is 13.7. The van der Waals surface area contributed by atoms with E-state index in [9.17, 15) is 18.0 Å². The van der Waals surface area contributed by atoms with Crippen molar-refractivity contribution in [3.05, 3.63) is 93.0 Å². The number of amides is 2. The Morgan fingerprint density at radius 3 is 2.12 bits per heavy atom. The summed E-state index contributed by atoms with van der Waals surface area (Å²) in [4.78, 5) is 28.7. The summed E-state index contributed by atoms with van der Waals surface area (Å²) in [6, 6.07) is 15.7. The molecule has 0 saturated heterocycles. The Labute approximate surface area is 253 Å². The molecule has 0 aliphatic carbocycles. The third-order valence-corrected chi connectivity index (χ3v) is 9.39. The fraction of sp³-hybridized carbons (Fsp3) is 0.355. The first-order valence-corrected chi connectivity index (χ1v) is 15.6. The minimum absolute atomic E-state index is 0.0186. The largest absolute Gasteiger partial charge is 0.352 e. The van der Waals surface area contributed by atoms with Crippen LogP contribution in [0.4, 0.5) is 5.69 Å². The third kappa shape index (κ3) is 8.03. The van der Waals surface area contributed by atoms with Crippen LogP contribution in [0.1, 0.15) is 49.4 Å². The third-order valence-electron chi connectivity index (χ3n) is 7.03. The van der Waals surface area contributed by atoms with Gasteiger partial charge in [0.1, 0.15) is 12.6 Å². The number of aryl methyl sites for hydroxylation is 3. The number of anilines is 1. The molecule has 0 heterocycles. The Hall–Kier alpha value is -3.07. The van der Waals surface area contributed by atoms with Crippen molar-refractivity contribution in [2.75, 3.05) is 10.8 Å². The monoisotopic (exact) mass is 617 g/mol. The number of halogens is 2. The fourth-order valence-electron chi connectivity index (χ4n) is 4.32. The van der Waals surface area contributed by atoms with E-state index < -0.39 is 28.5 Å². The molecule has 0 spiro atoms. The standard InChI is InChI=1S/C31H37Cl2N3O4S/c1-7-23(5)34-31(38)24(6)35(18-25-11-12-26(32)17-28(25)33)30(37)19-36(29-15-10-21(3)16-22(29)4)41(39,40)27-13-8-20(2)9-14-27/h8-17,23-24H,7,18-19H2,1-6H3,(H,34,38)/t23-,24+/m0/s1. The van der Waals surface area contributed by atoms with Crippen LogP contribution in [0.3, 0.4) is 0 Å². The van der Waals surface area contributed by atoms with Gasteiger partial charge in [-0.3, -0.25) is 13.9 Å². The molecule has 3 aromatic carbocycles. The lowest BCUT2D eigenvalue weighted by molar-refractivity contribution is -0.139. The van der Waals surface area contributed by atoms with E-state index in [1.54, 1.807) is 56.3 Å². The molecule has 10 heteroatoms. The summed E-state index contributed by atoms with van der Waals surface area (Å²) in [5, 5.41) is 3.69. The molecule has 0 aliphatic heterocycles. The van der Waals surface area contributed by atoms with Crippen molar-refractivity contribution >= 4 is 50.7 Å². The minimum atomic E-state index is -4.15. The molecule has 2 atom stereocenters. The summed E-state index contributed by atoms with van der Waals surface area (Å²) in [6.07, 6.45) is 0.713. The van der Waals surface area contributed by atoms with Crippen LogP contribution in [0.5, 0.6) is 0 Å². The van der Waals surface area contributed by atoms with Gasteiger partial charge >= 0.3 is 0 Å². The molecule has 7 nitrogen and oxygen atoms in total. The molecular weight excluding hydrogens is 581 g/mol. The van der Waals surface area contributed by atoms with E-state index in [0.29, 0.717) is 33.3 Å². The molecule has 0 radical (unpaired) electrons. The van der Waals surface area contributed by atoms with Crippen LogP contribution in [0.2, 0.25) is 10.0 Å². The zero-order valence-corrected chi connectivity index (χ0v) is 26.6. The lowest BCUT2D eigenvalue weighted by Crippen LogP contribution is -2.52. The average Bonchev–Trinajstić information content (AvgIpc) is 2.91. The van der Waals surface area contributed by atoms with Gasteiger partial charge in [0.2, 0.25) is 11.8 Å². The van der Waals surface area contributed by atoms with E-state index in [-0.39, 0.29) is 23.4 Å². The number of sulfonamides is 1. The highest BCUT2D eigenvalue weighted by atomic mass is 35.5. The van der Waals surface area contributed by atoms with Crippen molar-refractivity contribution in [1.82, 2.24) is 10.2 Å².